The van der Waals surface area contributed by atoms with Crippen LogP contribution in [0, 0.1) is 20.8 Å². The number of rotatable bonds is 7. The van der Waals surface area contributed by atoms with E-state index in [9.17, 15) is 14.4 Å². The van der Waals surface area contributed by atoms with Crippen molar-refractivity contribution in [2.75, 3.05) is 11.9 Å². The molecule has 0 aliphatic carbocycles. The van der Waals surface area contributed by atoms with Gasteiger partial charge in [-0.25, -0.2) is 9.78 Å². The van der Waals surface area contributed by atoms with Gasteiger partial charge in [-0.2, -0.15) is 0 Å². The highest BCUT2D eigenvalue weighted by atomic mass is 32.1. The summed E-state index contributed by atoms with van der Waals surface area (Å²) in [6, 6.07) is 5.52. The fraction of sp³-hybridized carbons (Fsp3) is 0.364. The summed E-state index contributed by atoms with van der Waals surface area (Å²) in [5, 5.41) is 3.91. The van der Waals surface area contributed by atoms with Crippen LogP contribution in [0.15, 0.2) is 29.3 Å². The van der Waals surface area contributed by atoms with Gasteiger partial charge in [0.1, 0.15) is 5.00 Å². The fourth-order valence-corrected chi connectivity index (χ4v) is 4.32. The third-order valence-electron chi connectivity index (χ3n) is 4.98. The number of aromatic nitrogens is 2. The Kier molecular flexibility index (Phi) is 6.66. The molecule has 0 spiro atoms. The van der Waals surface area contributed by atoms with Crippen LogP contribution < -0.4 is 10.9 Å². The fourth-order valence-electron chi connectivity index (χ4n) is 3.26. The van der Waals surface area contributed by atoms with Crippen LogP contribution in [0.2, 0.25) is 0 Å². The molecule has 2 aromatic heterocycles. The SMILES string of the molecule is CCOC(=O)c1c(NC(=O)CCCn2cnc3c(C)cccc3c2=O)sc(C)c1C. The summed E-state index contributed by atoms with van der Waals surface area (Å²) in [5.41, 5.74) is 2.77. The molecule has 3 aromatic rings. The number of hydrogen-bond acceptors (Lipinski definition) is 6. The third kappa shape index (κ3) is 4.43. The first-order chi connectivity index (χ1) is 14.3. The number of ether oxygens (including phenoxy) is 1. The largest absolute Gasteiger partial charge is 0.462 e. The number of hydrogen-bond donors (Lipinski definition) is 1. The van der Waals surface area contributed by atoms with Crippen LogP contribution in [-0.4, -0.2) is 28.0 Å². The number of anilines is 1. The molecular weight excluding hydrogens is 402 g/mol. The van der Waals surface area contributed by atoms with Crippen LogP contribution in [0.1, 0.15) is 46.1 Å². The zero-order valence-electron chi connectivity index (χ0n) is 17.6. The number of para-hydroxylation sites is 1. The standard InChI is InChI=1S/C22H25N3O4S/c1-5-29-22(28)18-14(3)15(4)30-20(18)24-17(26)10-7-11-25-12-23-19-13(2)8-6-9-16(19)21(25)27/h6,8-9,12H,5,7,10-11H2,1-4H3,(H,24,26). The lowest BCUT2D eigenvalue weighted by Crippen LogP contribution is -2.22. The first-order valence-corrected chi connectivity index (χ1v) is 10.7. The lowest BCUT2D eigenvalue weighted by atomic mass is 10.1. The molecule has 8 heteroatoms. The number of thiophene rings is 1. The predicted octanol–water partition coefficient (Wildman–Crippen LogP) is 3.98. The van der Waals surface area contributed by atoms with E-state index < -0.39 is 5.97 Å². The number of benzene rings is 1. The predicted molar refractivity (Wildman–Crippen MR) is 118 cm³/mol. The Labute approximate surface area is 178 Å². The number of nitrogens with one attached hydrogen (secondary N) is 1. The van der Waals surface area contributed by atoms with Gasteiger partial charge in [0.25, 0.3) is 5.56 Å². The minimum atomic E-state index is -0.432. The van der Waals surface area contributed by atoms with Gasteiger partial charge in [-0.3, -0.25) is 14.2 Å². The highest BCUT2D eigenvalue weighted by Gasteiger charge is 2.22. The molecule has 0 unspecified atom stereocenters. The molecule has 158 valence electrons. The molecule has 1 aromatic carbocycles. The average Bonchev–Trinajstić information content (AvgIpc) is 2.97. The number of nitrogens with zero attached hydrogens (tertiary/aromatic N) is 2. The number of carbonyl (C=O) groups is 2. The number of aryl methyl sites for hydroxylation is 3. The summed E-state index contributed by atoms with van der Waals surface area (Å²) < 4.78 is 6.64. The molecule has 0 saturated heterocycles. The molecule has 7 nitrogen and oxygen atoms in total. The third-order valence-corrected chi connectivity index (χ3v) is 6.10. The van der Waals surface area contributed by atoms with Gasteiger partial charge in [0.05, 0.1) is 29.4 Å². The Hall–Kier alpha value is -3.00. The highest BCUT2D eigenvalue weighted by Crippen LogP contribution is 2.33. The Bertz CT molecular complexity index is 1160. The summed E-state index contributed by atoms with van der Waals surface area (Å²) in [6.07, 6.45) is 2.22. The highest BCUT2D eigenvalue weighted by molar-refractivity contribution is 7.16. The lowest BCUT2D eigenvalue weighted by Gasteiger charge is -2.09. The Morgan fingerprint density at radius 1 is 1.23 bits per heavy atom. The smallest absolute Gasteiger partial charge is 0.341 e. The molecule has 1 N–H and O–H groups in total. The second kappa shape index (κ2) is 9.21. The van der Waals surface area contributed by atoms with E-state index in [1.54, 1.807) is 13.0 Å². The van der Waals surface area contributed by atoms with Crippen molar-refractivity contribution < 1.29 is 14.3 Å². The number of amides is 1. The van der Waals surface area contributed by atoms with Crippen LogP contribution in [-0.2, 0) is 16.1 Å². The van der Waals surface area contributed by atoms with Crippen LogP contribution >= 0.6 is 11.3 Å². The Balaban J connectivity index is 1.66. The lowest BCUT2D eigenvalue weighted by molar-refractivity contribution is -0.116. The van der Waals surface area contributed by atoms with Crippen molar-refractivity contribution in [1.29, 1.82) is 0 Å². The van der Waals surface area contributed by atoms with Crippen LogP contribution in [0.5, 0.6) is 0 Å². The zero-order chi connectivity index (χ0) is 21.8. The Morgan fingerprint density at radius 3 is 2.73 bits per heavy atom. The van der Waals surface area contributed by atoms with Gasteiger partial charge < -0.3 is 10.1 Å². The van der Waals surface area contributed by atoms with Crippen molar-refractivity contribution in [3.63, 3.8) is 0 Å². The second-order valence-corrected chi connectivity index (χ2v) is 8.30. The minimum absolute atomic E-state index is 0.113. The van der Waals surface area contributed by atoms with Gasteiger partial charge in [0, 0.05) is 17.8 Å². The maximum Gasteiger partial charge on any atom is 0.341 e. The summed E-state index contributed by atoms with van der Waals surface area (Å²) in [5.74, 6) is -0.641. The number of esters is 1. The summed E-state index contributed by atoms with van der Waals surface area (Å²) in [6.45, 7) is 8.07. The van der Waals surface area contributed by atoms with Gasteiger partial charge >= 0.3 is 5.97 Å². The molecule has 0 atom stereocenters. The molecule has 0 fully saturated rings. The maximum atomic E-state index is 12.6. The molecule has 0 radical (unpaired) electrons. The molecule has 1 amide bonds. The summed E-state index contributed by atoms with van der Waals surface area (Å²) >= 11 is 1.36. The van der Waals surface area contributed by atoms with E-state index in [-0.39, 0.29) is 24.5 Å². The molecule has 3 rings (SSSR count). The first-order valence-electron chi connectivity index (χ1n) is 9.85. The van der Waals surface area contributed by atoms with Crippen LogP contribution in [0.4, 0.5) is 5.00 Å². The number of carbonyl (C=O) groups excluding carboxylic acids is 2. The van der Waals surface area contributed by atoms with E-state index in [0.29, 0.717) is 34.4 Å². The number of fused-ring (bicyclic) bond motifs is 1. The molecule has 30 heavy (non-hydrogen) atoms. The second-order valence-electron chi connectivity index (χ2n) is 7.07. The van der Waals surface area contributed by atoms with E-state index >= 15 is 0 Å². The zero-order valence-corrected chi connectivity index (χ0v) is 18.4. The van der Waals surface area contributed by atoms with Crippen molar-refractivity contribution in [2.24, 2.45) is 0 Å². The van der Waals surface area contributed by atoms with Crippen molar-refractivity contribution in [3.05, 3.63) is 56.4 Å². The van der Waals surface area contributed by atoms with Gasteiger partial charge in [0.15, 0.2) is 0 Å². The normalized spacial score (nSPS) is 10.9. The Morgan fingerprint density at radius 2 is 2.00 bits per heavy atom. The van der Waals surface area contributed by atoms with E-state index in [0.717, 1.165) is 16.0 Å². The van der Waals surface area contributed by atoms with Gasteiger partial charge in [-0.15, -0.1) is 11.3 Å². The minimum Gasteiger partial charge on any atom is -0.462 e. The van der Waals surface area contributed by atoms with Crippen LogP contribution in [0.3, 0.4) is 0 Å². The van der Waals surface area contributed by atoms with E-state index in [4.69, 9.17) is 4.74 Å². The van der Waals surface area contributed by atoms with E-state index in [1.165, 1.54) is 22.2 Å². The average molecular weight is 428 g/mol. The van der Waals surface area contributed by atoms with Crippen molar-refractivity contribution in [1.82, 2.24) is 9.55 Å². The van der Waals surface area contributed by atoms with Crippen molar-refractivity contribution in [2.45, 2.75) is 47.1 Å². The van der Waals surface area contributed by atoms with Crippen LogP contribution in [0.25, 0.3) is 10.9 Å². The topological polar surface area (TPSA) is 90.3 Å². The molecule has 2 heterocycles. The van der Waals surface area contributed by atoms with Crippen molar-refractivity contribution in [3.8, 4) is 0 Å². The maximum absolute atomic E-state index is 12.6. The molecule has 0 bridgehead atoms. The van der Waals surface area contributed by atoms with E-state index in [2.05, 4.69) is 10.3 Å². The molecule has 0 aliphatic rings. The van der Waals surface area contributed by atoms with E-state index in [1.807, 2.05) is 32.9 Å². The molecule has 0 saturated carbocycles. The summed E-state index contributed by atoms with van der Waals surface area (Å²) in [4.78, 5) is 42.7. The van der Waals surface area contributed by atoms with Crippen molar-refractivity contribution >= 4 is 39.1 Å². The molecule has 0 aliphatic heterocycles. The molecular formula is C22H25N3O4S. The van der Waals surface area contributed by atoms with Gasteiger partial charge in [-0.05, 0) is 51.3 Å². The first kappa shape index (κ1) is 21.7. The van der Waals surface area contributed by atoms with Gasteiger partial charge in [-0.1, -0.05) is 12.1 Å². The quantitative estimate of drug-likeness (QED) is 0.576. The monoisotopic (exact) mass is 427 g/mol. The van der Waals surface area contributed by atoms with Gasteiger partial charge in [0.2, 0.25) is 5.91 Å². The summed E-state index contributed by atoms with van der Waals surface area (Å²) in [7, 11) is 0.